The number of nitrogens with one attached hydrogen (secondary N) is 1. The van der Waals surface area contributed by atoms with E-state index in [0.29, 0.717) is 23.3 Å². The van der Waals surface area contributed by atoms with E-state index >= 15 is 0 Å². The molecule has 1 aromatic heterocycles. The number of aromatic nitrogens is 1. The SMILES string of the molecule is Cc1ccc(CN2C(=O)CCc3c(Cc4sc(=S)[nH]c4O)cccc32)cc1. The molecule has 0 aliphatic carbocycles. The summed E-state index contributed by atoms with van der Waals surface area (Å²) < 4.78 is 0.573. The van der Waals surface area contributed by atoms with Crippen molar-refractivity contribution in [2.24, 2.45) is 0 Å². The Kier molecular flexibility index (Phi) is 4.85. The molecule has 1 aliphatic heterocycles. The van der Waals surface area contributed by atoms with Crippen LogP contribution in [-0.4, -0.2) is 16.0 Å². The van der Waals surface area contributed by atoms with Crippen LogP contribution in [-0.2, 0) is 24.2 Å². The van der Waals surface area contributed by atoms with Gasteiger partial charge in [0.1, 0.15) is 0 Å². The van der Waals surface area contributed by atoms with Crippen LogP contribution in [0.15, 0.2) is 42.5 Å². The summed E-state index contributed by atoms with van der Waals surface area (Å²) >= 11 is 6.52. The lowest BCUT2D eigenvalue weighted by molar-refractivity contribution is -0.119. The van der Waals surface area contributed by atoms with Gasteiger partial charge in [-0.2, -0.15) is 0 Å². The van der Waals surface area contributed by atoms with Crippen molar-refractivity contribution in [1.82, 2.24) is 4.98 Å². The second-order valence-electron chi connectivity index (χ2n) is 6.84. The maximum absolute atomic E-state index is 12.6. The molecule has 2 heterocycles. The third-order valence-electron chi connectivity index (χ3n) is 4.94. The number of rotatable bonds is 4. The number of anilines is 1. The molecule has 1 aliphatic rings. The highest BCUT2D eigenvalue weighted by molar-refractivity contribution is 7.73. The van der Waals surface area contributed by atoms with E-state index in [-0.39, 0.29) is 11.8 Å². The van der Waals surface area contributed by atoms with E-state index in [1.807, 2.05) is 17.0 Å². The monoisotopic (exact) mass is 396 g/mol. The molecular weight excluding hydrogens is 376 g/mol. The molecule has 0 radical (unpaired) electrons. The predicted octanol–water partition coefficient (Wildman–Crippen LogP) is 4.89. The molecule has 27 heavy (non-hydrogen) atoms. The Balaban J connectivity index is 1.68. The highest BCUT2D eigenvalue weighted by Crippen LogP contribution is 2.34. The predicted molar refractivity (Wildman–Crippen MR) is 111 cm³/mol. The summed E-state index contributed by atoms with van der Waals surface area (Å²) in [5.74, 6) is 0.298. The second kappa shape index (κ2) is 7.29. The average Bonchev–Trinajstić information content (AvgIpc) is 2.96. The molecule has 4 rings (SSSR count). The Morgan fingerprint density at radius 2 is 1.96 bits per heavy atom. The molecule has 0 saturated heterocycles. The lowest BCUT2D eigenvalue weighted by Gasteiger charge is -2.31. The average molecular weight is 397 g/mol. The maximum atomic E-state index is 12.6. The van der Waals surface area contributed by atoms with Gasteiger partial charge >= 0.3 is 0 Å². The van der Waals surface area contributed by atoms with Gasteiger partial charge in [0.25, 0.3) is 0 Å². The van der Waals surface area contributed by atoms with Gasteiger partial charge in [0.2, 0.25) is 11.8 Å². The van der Waals surface area contributed by atoms with E-state index in [4.69, 9.17) is 12.2 Å². The Bertz CT molecular complexity index is 1050. The molecule has 0 fully saturated rings. The van der Waals surface area contributed by atoms with Crippen LogP contribution in [0.4, 0.5) is 5.69 Å². The normalized spacial score (nSPS) is 13.7. The first-order valence-corrected chi connectivity index (χ1v) is 10.1. The van der Waals surface area contributed by atoms with E-state index in [1.165, 1.54) is 22.5 Å². The Morgan fingerprint density at radius 1 is 1.19 bits per heavy atom. The first-order valence-electron chi connectivity index (χ1n) is 8.89. The first-order chi connectivity index (χ1) is 13.0. The molecule has 2 N–H and O–H groups in total. The standard InChI is InChI=1S/C21H20N2O2S2/c1-13-5-7-14(8-6-13)12-23-17-4-2-3-15(16(17)9-10-19(23)24)11-18-20(25)22-21(26)27-18/h2-8,25H,9-12H2,1H3,(H,22,26). The number of thiazole rings is 1. The number of hydrogen-bond acceptors (Lipinski definition) is 4. The lowest BCUT2D eigenvalue weighted by atomic mass is 9.93. The molecule has 0 bridgehead atoms. The third-order valence-corrected chi connectivity index (χ3v) is 6.17. The summed E-state index contributed by atoms with van der Waals surface area (Å²) in [5, 5.41) is 10.0. The summed E-state index contributed by atoms with van der Waals surface area (Å²) in [6, 6.07) is 14.4. The van der Waals surface area contributed by atoms with Gasteiger partial charge in [0.05, 0.1) is 11.4 Å². The molecule has 3 aromatic rings. The molecular formula is C21H20N2O2S2. The quantitative estimate of drug-likeness (QED) is 0.618. The van der Waals surface area contributed by atoms with Crippen LogP contribution in [0.3, 0.4) is 0 Å². The zero-order valence-electron chi connectivity index (χ0n) is 15.0. The van der Waals surface area contributed by atoms with Crippen molar-refractivity contribution in [2.45, 2.75) is 32.7 Å². The number of fused-ring (bicyclic) bond motifs is 1. The van der Waals surface area contributed by atoms with Crippen molar-refractivity contribution >= 4 is 35.1 Å². The fraction of sp³-hybridized carbons (Fsp3) is 0.238. The van der Waals surface area contributed by atoms with E-state index < -0.39 is 0 Å². The summed E-state index contributed by atoms with van der Waals surface area (Å²) in [5.41, 5.74) is 5.62. The molecule has 0 saturated carbocycles. The molecule has 4 nitrogen and oxygen atoms in total. The number of aryl methyl sites for hydroxylation is 1. The van der Waals surface area contributed by atoms with Gasteiger partial charge in [0.15, 0.2) is 3.95 Å². The maximum Gasteiger partial charge on any atom is 0.227 e. The lowest BCUT2D eigenvalue weighted by Crippen LogP contribution is -2.35. The van der Waals surface area contributed by atoms with Gasteiger partial charge in [-0.1, -0.05) is 42.0 Å². The van der Waals surface area contributed by atoms with E-state index in [1.54, 1.807) is 0 Å². The number of H-pyrrole nitrogens is 1. The van der Waals surface area contributed by atoms with Gasteiger partial charge in [-0.05, 0) is 48.3 Å². The largest absolute Gasteiger partial charge is 0.494 e. The highest BCUT2D eigenvalue weighted by atomic mass is 32.1. The fourth-order valence-corrected chi connectivity index (χ4v) is 4.67. The van der Waals surface area contributed by atoms with Gasteiger partial charge in [-0.3, -0.25) is 4.79 Å². The zero-order valence-corrected chi connectivity index (χ0v) is 16.6. The molecule has 6 heteroatoms. The minimum absolute atomic E-state index is 0.144. The molecule has 2 aromatic carbocycles. The van der Waals surface area contributed by atoms with Crippen LogP contribution >= 0.6 is 23.6 Å². The Hall–Kier alpha value is -2.44. The highest BCUT2D eigenvalue weighted by Gasteiger charge is 2.26. The van der Waals surface area contributed by atoms with Crippen LogP contribution < -0.4 is 4.90 Å². The van der Waals surface area contributed by atoms with Crippen molar-refractivity contribution < 1.29 is 9.90 Å². The van der Waals surface area contributed by atoms with Crippen molar-refractivity contribution in [1.29, 1.82) is 0 Å². The first kappa shape index (κ1) is 17.9. The molecule has 1 amide bonds. The number of nitrogens with zero attached hydrogens (tertiary/aromatic N) is 1. The smallest absolute Gasteiger partial charge is 0.227 e. The van der Waals surface area contributed by atoms with Crippen molar-refractivity contribution in [3.8, 4) is 5.88 Å². The topological polar surface area (TPSA) is 56.3 Å². The van der Waals surface area contributed by atoms with E-state index in [9.17, 15) is 9.90 Å². The zero-order chi connectivity index (χ0) is 19.0. The Labute approximate surface area is 167 Å². The molecule has 0 atom stereocenters. The Morgan fingerprint density at radius 3 is 2.67 bits per heavy atom. The van der Waals surface area contributed by atoms with E-state index in [2.05, 4.69) is 42.2 Å². The number of aromatic hydroxyl groups is 1. The second-order valence-corrected chi connectivity index (χ2v) is 8.62. The van der Waals surface area contributed by atoms with Crippen LogP contribution in [0.1, 0.15) is 33.6 Å². The fourth-order valence-electron chi connectivity index (χ4n) is 3.52. The van der Waals surface area contributed by atoms with Gasteiger partial charge in [0, 0.05) is 18.5 Å². The van der Waals surface area contributed by atoms with Gasteiger partial charge in [-0.15, -0.1) is 11.3 Å². The van der Waals surface area contributed by atoms with Gasteiger partial charge in [-0.25, -0.2) is 0 Å². The minimum Gasteiger partial charge on any atom is -0.494 e. The van der Waals surface area contributed by atoms with Crippen LogP contribution in [0.25, 0.3) is 0 Å². The van der Waals surface area contributed by atoms with Crippen LogP contribution in [0, 0.1) is 10.9 Å². The summed E-state index contributed by atoms with van der Waals surface area (Å²) in [7, 11) is 0. The number of aromatic amines is 1. The number of benzene rings is 2. The molecule has 0 unspecified atom stereocenters. The molecule has 0 spiro atoms. The number of carbonyl (C=O) groups excluding carboxylic acids is 1. The van der Waals surface area contributed by atoms with E-state index in [0.717, 1.165) is 28.1 Å². The summed E-state index contributed by atoms with van der Waals surface area (Å²) in [6.45, 7) is 2.63. The number of carbonyl (C=O) groups is 1. The van der Waals surface area contributed by atoms with Crippen molar-refractivity contribution in [3.05, 3.63) is 73.5 Å². The minimum atomic E-state index is 0.144. The van der Waals surface area contributed by atoms with Crippen molar-refractivity contribution in [2.75, 3.05) is 4.90 Å². The third kappa shape index (κ3) is 3.68. The van der Waals surface area contributed by atoms with Gasteiger partial charge < -0.3 is 15.0 Å². The number of amides is 1. The van der Waals surface area contributed by atoms with Crippen LogP contribution in [0.2, 0.25) is 0 Å². The van der Waals surface area contributed by atoms with Crippen molar-refractivity contribution in [3.63, 3.8) is 0 Å². The summed E-state index contributed by atoms with van der Waals surface area (Å²) in [6.07, 6.45) is 1.84. The van der Waals surface area contributed by atoms with Crippen LogP contribution in [0.5, 0.6) is 5.88 Å². The molecule has 138 valence electrons. The number of hydrogen-bond donors (Lipinski definition) is 2. The summed E-state index contributed by atoms with van der Waals surface area (Å²) in [4.78, 5) is 18.1.